The summed E-state index contributed by atoms with van der Waals surface area (Å²) in [5.74, 6) is 1.09. The maximum Gasteiger partial charge on any atom is 0.355 e. The number of anilines is 2. The van der Waals surface area contributed by atoms with Crippen LogP contribution < -0.4 is 25.2 Å². The molecule has 12 nitrogen and oxygen atoms in total. The number of hydrazine groups is 1. The molecule has 0 saturated carbocycles. The number of halogens is 1. The van der Waals surface area contributed by atoms with Crippen LogP contribution in [-0.2, 0) is 6.54 Å². The number of aromatic nitrogens is 2. The van der Waals surface area contributed by atoms with E-state index in [-0.39, 0.29) is 24.1 Å². The number of carbonyl (C=O) groups excluding carboxylic acids is 1. The van der Waals surface area contributed by atoms with Gasteiger partial charge in [0.1, 0.15) is 6.33 Å². The van der Waals surface area contributed by atoms with Crippen molar-refractivity contribution < 1.29 is 19.2 Å². The number of nitrogens with zero attached hydrogens (tertiary/aromatic N) is 5. The van der Waals surface area contributed by atoms with Gasteiger partial charge in [0, 0.05) is 43.3 Å². The monoisotopic (exact) mass is 511 g/mol. The number of amides is 1. The fourth-order valence-corrected chi connectivity index (χ4v) is 4.19. The van der Waals surface area contributed by atoms with Crippen molar-refractivity contribution in [2.45, 2.75) is 6.54 Å². The van der Waals surface area contributed by atoms with E-state index in [1.54, 1.807) is 24.3 Å². The Morgan fingerprint density at radius 2 is 1.81 bits per heavy atom. The van der Waals surface area contributed by atoms with Crippen molar-refractivity contribution in [2.24, 2.45) is 0 Å². The van der Waals surface area contributed by atoms with Crippen LogP contribution in [0.3, 0.4) is 0 Å². The van der Waals surface area contributed by atoms with Gasteiger partial charge < -0.3 is 14.4 Å². The molecule has 1 amide bonds. The Hall–Kier alpha value is -4.16. The van der Waals surface area contributed by atoms with Crippen molar-refractivity contribution in [1.29, 1.82) is 0 Å². The maximum absolute atomic E-state index is 12.4. The van der Waals surface area contributed by atoms with Crippen molar-refractivity contribution in [3.8, 4) is 11.5 Å². The molecule has 3 aromatic rings. The first-order valence-electron chi connectivity index (χ1n) is 11.1. The first kappa shape index (κ1) is 23.6. The van der Waals surface area contributed by atoms with Gasteiger partial charge in [0.25, 0.3) is 5.91 Å². The predicted octanol–water partition coefficient (Wildman–Crippen LogP) is 2.85. The number of hydrogen-bond acceptors (Lipinski definition) is 10. The number of piperazine rings is 1. The molecule has 1 saturated heterocycles. The molecule has 2 aliphatic rings. The standard InChI is InChI=1S/C23H22ClN7O5/c24-17-4-2-16(3-5-17)23(32)28-27-21-20(31(33)34)22(26-13-25-21)30-9-7-29(8-10-30)12-15-1-6-18-19(11-15)36-14-35-18/h1-6,11,13H,7-10,12,14H2,(H,28,32)(H,25,26,27). The second-order valence-electron chi connectivity index (χ2n) is 8.19. The minimum absolute atomic E-state index is 0.102. The predicted molar refractivity (Wildman–Crippen MR) is 131 cm³/mol. The largest absolute Gasteiger partial charge is 0.454 e. The molecule has 0 atom stereocenters. The Morgan fingerprint density at radius 1 is 1.06 bits per heavy atom. The average molecular weight is 512 g/mol. The quantitative estimate of drug-likeness (QED) is 0.360. The summed E-state index contributed by atoms with van der Waals surface area (Å²) in [4.78, 5) is 36.0. The van der Waals surface area contributed by atoms with Gasteiger partial charge in [-0.15, -0.1) is 0 Å². The van der Waals surface area contributed by atoms with Gasteiger partial charge in [-0.05, 0) is 42.0 Å². The summed E-state index contributed by atoms with van der Waals surface area (Å²) in [5, 5.41) is 12.4. The SMILES string of the molecule is O=C(NNc1ncnc(N2CCN(Cc3ccc4c(c3)OCO4)CC2)c1[N+](=O)[O-])c1ccc(Cl)cc1. The van der Waals surface area contributed by atoms with E-state index in [1.807, 2.05) is 23.1 Å². The molecule has 1 aromatic heterocycles. The van der Waals surface area contributed by atoms with E-state index in [0.29, 0.717) is 36.8 Å². The molecule has 0 unspecified atom stereocenters. The molecule has 0 spiro atoms. The number of ether oxygens (including phenoxy) is 2. The highest BCUT2D eigenvalue weighted by molar-refractivity contribution is 6.30. The molecule has 5 rings (SSSR count). The van der Waals surface area contributed by atoms with Gasteiger partial charge >= 0.3 is 5.69 Å². The van der Waals surface area contributed by atoms with Gasteiger partial charge in [-0.25, -0.2) is 9.97 Å². The lowest BCUT2D eigenvalue weighted by Crippen LogP contribution is -2.46. The zero-order valence-corrected chi connectivity index (χ0v) is 19.8. The Balaban J connectivity index is 1.24. The van der Waals surface area contributed by atoms with E-state index in [9.17, 15) is 14.9 Å². The van der Waals surface area contributed by atoms with Gasteiger partial charge in [-0.2, -0.15) is 0 Å². The first-order valence-corrected chi connectivity index (χ1v) is 11.5. The van der Waals surface area contributed by atoms with Gasteiger partial charge in [0.15, 0.2) is 11.5 Å². The molecule has 13 heteroatoms. The molecular weight excluding hydrogens is 490 g/mol. The van der Waals surface area contributed by atoms with E-state index in [1.165, 1.54) is 6.33 Å². The summed E-state index contributed by atoms with van der Waals surface area (Å²) in [6.45, 7) is 3.41. The van der Waals surface area contributed by atoms with Crippen LogP contribution in [0.2, 0.25) is 5.02 Å². The zero-order chi connectivity index (χ0) is 25.1. The van der Waals surface area contributed by atoms with Crippen molar-refractivity contribution in [3.63, 3.8) is 0 Å². The number of hydrogen-bond donors (Lipinski definition) is 2. The Labute approximate surface area is 210 Å². The van der Waals surface area contributed by atoms with Gasteiger partial charge in [0.05, 0.1) is 4.92 Å². The third kappa shape index (κ3) is 5.09. The number of benzene rings is 2. The fraction of sp³-hybridized carbons (Fsp3) is 0.261. The van der Waals surface area contributed by atoms with Crippen LogP contribution in [0, 0.1) is 10.1 Å². The Morgan fingerprint density at radius 3 is 2.56 bits per heavy atom. The normalized spacial score (nSPS) is 15.0. The van der Waals surface area contributed by atoms with Crippen molar-refractivity contribution in [3.05, 3.63) is 75.1 Å². The van der Waals surface area contributed by atoms with Gasteiger partial charge in [-0.3, -0.25) is 30.7 Å². The number of carbonyl (C=O) groups is 1. The van der Waals surface area contributed by atoms with Gasteiger partial charge in [0.2, 0.25) is 18.4 Å². The van der Waals surface area contributed by atoms with E-state index in [4.69, 9.17) is 21.1 Å². The molecule has 36 heavy (non-hydrogen) atoms. The maximum atomic E-state index is 12.4. The van der Waals surface area contributed by atoms with E-state index >= 15 is 0 Å². The molecule has 2 N–H and O–H groups in total. The van der Waals surface area contributed by atoms with Crippen LogP contribution in [0.4, 0.5) is 17.3 Å². The first-order chi connectivity index (χ1) is 17.5. The molecule has 2 aliphatic heterocycles. The minimum Gasteiger partial charge on any atom is -0.454 e. The third-order valence-electron chi connectivity index (χ3n) is 5.90. The Kier molecular flexibility index (Phi) is 6.69. The summed E-state index contributed by atoms with van der Waals surface area (Å²) >= 11 is 5.85. The average Bonchev–Trinajstić information content (AvgIpc) is 3.36. The van der Waals surface area contributed by atoms with Crippen LogP contribution >= 0.6 is 11.6 Å². The fourth-order valence-electron chi connectivity index (χ4n) is 4.07. The van der Waals surface area contributed by atoms with Crippen LogP contribution in [0.25, 0.3) is 0 Å². The second-order valence-corrected chi connectivity index (χ2v) is 8.62. The lowest BCUT2D eigenvalue weighted by molar-refractivity contribution is -0.383. The van der Waals surface area contributed by atoms with Crippen molar-refractivity contribution in [1.82, 2.24) is 20.3 Å². The molecule has 1 fully saturated rings. The van der Waals surface area contributed by atoms with Crippen LogP contribution in [-0.4, -0.2) is 58.7 Å². The lowest BCUT2D eigenvalue weighted by Gasteiger charge is -2.35. The van der Waals surface area contributed by atoms with E-state index < -0.39 is 10.8 Å². The molecule has 0 bridgehead atoms. The molecule has 2 aromatic carbocycles. The van der Waals surface area contributed by atoms with E-state index in [0.717, 1.165) is 23.6 Å². The second kappa shape index (κ2) is 10.2. The lowest BCUT2D eigenvalue weighted by atomic mass is 10.1. The number of nitrogens with one attached hydrogen (secondary N) is 2. The zero-order valence-electron chi connectivity index (χ0n) is 19.0. The van der Waals surface area contributed by atoms with E-state index in [2.05, 4.69) is 25.7 Å². The topological polar surface area (TPSA) is 135 Å². The molecule has 3 heterocycles. The van der Waals surface area contributed by atoms with Crippen LogP contribution in [0.1, 0.15) is 15.9 Å². The van der Waals surface area contributed by atoms with Crippen LogP contribution in [0.5, 0.6) is 11.5 Å². The smallest absolute Gasteiger partial charge is 0.355 e. The summed E-state index contributed by atoms with van der Waals surface area (Å²) in [5.41, 5.74) is 6.13. The minimum atomic E-state index is -0.550. The molecular formula is C23H22ClN7O5. The summed E-state index contributed by atoms with van der Waals surface area (Å²) in [6.07, 6.45) is 1.23. The van der Waals surface area contributed by atoms with Crippen LogP contribution in [0.15, 0.2) is 48.8 Å². The van der Waals surface area contributed by atoms with Gasteiger partial charge in [-0.1, -0.05) is 17.7 Å². The summed E-state index contributed by atoms with van der Waals surface area (Å²) in [7, 11) is 0. The number of fused-ring (bicyclic) bond motifs is 1. The molecule has 0 radical (unpaired) electrons. The highest BCUT2D eigenvalue weighted by Crippen LogP contribution is 2.34. The molecule has 186 valence electrons. The molecule has 0 aliphatic carbocycles. The Bertz CT molecular complexity index is 1280. The van der Waals surface area contributed by atoms with Crippen molar-refractivity contribution >= 4 is 34.8 Å². The number of rotatable bonds is 7. The summed E-state index contributed by atoms with van der Waals surface area (Å²) < 4.78 is 10.8. The van der Waals surface area contributed by atoms with Crippen molar-refractivity contribution in [2.75, 3.05) is 43.3 Å². The number of nitro groups is 1. The summed E-state index contributed by atoms with van der Waals surface area (Å²) in [6, 6.07) is 12.1. The highest BCUT2D eigenvalue weighted by atomic mass is 35.5. The highest BCUT2D eigenvalue weighted by Gasteiger charge is 2.29. The third-order valence-corrected chi connectivity index (χ3v) is 6.15.